The topological polar surface area (TPSA) is 47.9 Å². The lowest BCUT2D eigenvalue weighted by molar-refractivity contribution is -0.426. The molecule has 0 aliphatic carbocycles. The largest absolute Gasteiger partial charge is 0.390 e. The quantitative estimate of drug-likeness (QED) is 0.536. The fourth-order valence-electron chi connectivity index (χ4n) is 1.30. The van der Waals surface area contributed by atoms with Crippen molar-refractivity contribution in [3.63, 3.8) is 0 Å². The van der Waals surface area contributed by atoms with E-state index in [9.17, 15) is 0 Å². The third kappa shape index (κ3) is 8.02. The van der Waals surface area contributed by atoms with E-state index in [0.29, 0.717) is 0 Å². The van der Waals surface area contributed by atoms with Crippen LogP contribution in [0, 0.1) is 0 Å². The van der Waals surface area contributed by atoms with Gasteiger partial charge in [0.1, 0.15) is 6.04 Å². The van der Waals surface area contributed by atoms with Gasteiger partial charge < -0.3 is 10.8 Å². The van der Waals surface area contributed by atoms with Crippen LogP contribution in [0.4, 0.5) is 0 Å². The maximum atomic E-state index is 8.71. The third-order valence-corrected chi connectivity index (χ3v) is 2.22. The van der Waals surface area contributed by atoms with Crippen LogP contribution >= 0.6 is 0 Å². The summed E-state index contributed by atoms with van der Waals surface area (Å²) in [6.45, 7) is 2.48. The summed E-state index contributed by atoms with van der Waals surface area (Å²) in [4.78, 5) is 0. The van der Waals surface area contributed by atoms with E-state index in [2.05, 4.69) is 12.7 Å². The fraction of sp³-hybridized carbons (Fsp3) is 1.00. The molecule has 0 aliphatic heterocycles. The van der Waals surface area contributed by atoms with Crippen molar-refractivity contribution in [2.45, 2.75) is 57.9 Å². The highest BCUT2D eigenvalue weighted by atomic mass is 16.3. The van der Waals surface area contributed by atoms with Gasteiger partial charge in [0.05, 0.1) is 6.61 Å². The molecular formula is C10H24NO+. The molecule has 0 heterocycles. The van der Waals surface area contributed by atoms with Crippen molar-refractivity contribution in [3.05, 3.63) is 0 Å². The second-order valence-electron chi connectivity index (χ2n) is 3.61. The van der Waals surface area contributed by atoms with Crippen molar-refractivity contribution >= 4 is 0 Å². The van der Waals surface area contributed by atoms with Gasteiger partial charge in [-0.25, -0.2) is 0 Å². The van der Waals surface area contributed by atoms with Gasteiger partial charge >= 0.3 is 0 Å². The van der Waals surface area contributed by atoms with Crippen LogP contribution in [0.5, 0.6) is 0 Å². The van der Waals surface area contributed by atoms with Gasteiger partial charge in [0.2, 0.25) is 0 Å². The summed E-state index contributed by atoms with van der Waals surface area (Å²) in [6, 6.07) is 0.260. The molecule has 0 aromatic rings. The highest BCUT2D eigenvalue weighted by molar-refractivity contribution is 4.51. The highest BCUT2D eigenvalue weighted by Crippen LogP contribution is 2.07. The first-order valence-electron chi connectivity index (χ1n) is 5.25. The van der Waals surface area contributed by atoms with Crippen LogP contribution in [0.1, 0.15) is 51.9 Å². The van der Waals surface area contributed by atoms with Crippen LogP contribution in [0.3, 0.4) is 0 Å². The standard InChI is InChI=1S/C10H23NO/c1-2-3-4-5-6-7-8-10(11)9-12/h10,12H,2-9,11H2,1H3/p+1. The molecule has 0 bridgehead atoms. The van der Waals surface area contributed by atoms with Gasteiger partial charge in [-0.1, -0.05) is 39.0 Å². The van der Waals surface area contributed by atoms with Gasteiger partial charge in [0.25, 0.3) is 0 Å². The Balaban J connectivity index is 2.90. The highest BCUT2D eigenvalue weighted by Gasteiger charge is 2.01. The van der Waals surface area contributed by atoms with Crippen LogP contribution in [0.15, 0.2) is 0 Å². The molecular weight excluding hydrogens is 150 g/mol. The summed E-state index contributed by atoms with van der Waals surface area (Å²) < 4.78 is 0. The predicted octanol–water partition coefficient (Wildman–Crippen LogP) is 1.34. The average molecular weight is 174 g/mol. The van der Waals surface area contributed by atoms with Crippen molar-refractivity contribution in [2.75, 3.05) is 6.61 Å². The van der Waals surface area contributed by atoms with E-state index in [0.717, 1.165) is 6.42 Å². The fourth-order valence-corrected chi connectivity index (χ4v) is 1.30. The molecule has 74 valence electrons. The van der Waals surface area contributed by atoms with Crippen LogP contribution < -0.4 is 5.73 Å². The molecule has 12 heavy (non-hydrogen) atoms. The summed E-state index contributed by atoms with van der Waals surface area (Å²) in [7, 11) is 0. The molecule has 2 heteroatoms. The molecule has 1 atom stereocenters. The summed E-state index contributed by atoms with van der Waals surface area (Å²) in [5.74, 6) is 0. The van der Waals surface area contributed by atoms with E-state index in [1.807, 2.05) is 0 Å². The molecule has 1 unspecified atom stereocenters. The summed E-state index contributed by atoms with van der Waals surface area (Å²) in [5, 5.41) is 8.71. The Kier molecular flexibility index (Phi) is 8.95. The molecule has 2 nitrogen and oxygen atoms in total. The number of aliphatic hydroxyl groups excluding tert-OH is 1. The van der Waals surface area contributed by atoms with E-state index in [1.165, 1.54) is 38.5 Å². The van der Waals surface area contributed by atoms with Crippen LogP contribution in [0.25, 0.3) is 0 Å². The monoisotopic (exact) mass is 174 g/mol. The smallest absolute Gasteiger partial charge is 0.108 e. The molecule has 0 radical (unpaired) electrons. The minimum Gasteiger partial charge on any atom is -0.390 e. The van der Waals surface area contributed by atoms with Crippen molar-refractivity contribution in [2.24, 2.45) is 0 Å². The lowest BCUT2D eigenvalue weighted by atomic mass is 10.1. The Morgan fingerprint density at radius 3 is 2.25 bits per heavy atom. The zero-order chi connectivity index (χ0) is 9.23. The molecule has 0 fully saturated rings. The lowest BCUT2D eigenvalue weighted by Crippen LogP contribution is -2.62. The normalized spacial score (nSPS) is 13.2. The van der Waals surface area contributed by atoms with Gasteiger partial charge in [0.15, 0.2) is 0 Å². The molecule has 0 saturated carbocycles. The Morgan fingerprint density at radius 1 is 1.08 bits per heavy atom. The first-order valence-corrected chi connectivity index (χ1v) is 5.25. The lowest BCUT2D eigenvalue weighted by Gasteiger charge is -2.03. The number of unbranched alkanes of at least 4 members (excludes halogenated alkanes) is 5. The summed E-state index contributed by atoms with van der Waals surface area (Å²) in [5.41, 5.74) is 3.84. The predicted molar refractivity (Wildman–Crippen MR) is 51.8 cm³/mol. The molecule has 0 rings (SSSR count). The van der Waals surface area contributed by atoms with Crippen molar-refractivity contribution in [1.29, 1.82) is 0 Å². The molecule has 0 aromatic carbocycles. The van der Waals surface area contributed by atoms with Gasteiger partial charge in [-0.2, -0.15) is 0 Å². The van der Waals surface area contributed by atoms with Crippen molar-refractivity contribution in [1.82, 2.24) is 0 Å². The SMILES string of the molecule is CCCCCCCCC([NH3+])CO. The second kappa shape index (κ2) is 9.01. The van der Waals surface area contributed by atoms with Gasteiger partial charge in [-0.15, -0.1) is 0 Å². The minimum atomic E-state index is 0.245. The first kappa shape index (κ1) is 11.9. The Bertz CT molecular complexity index is 85.9. The number of hydrogen-bond donors (Lipinski definition) is 2. The zero-order valence-electron chi connectivity index (χ0n) is 8.39. The first-order chi connectivity index (χ1) is 5.81. The van der Waals surface area contributed by atoms with Crippen molar-refractivity contribution < 1.29 is 10.8 Å². The second-order valence-corrected chi connectivity index (χ2v) is 3.61. The molecule has 0 saturated heterocycles. The van der Waals surface area contributed by atoms with Gasteiger partial charge in [-0.3, -0.25) is 0 Å². The average Bonchev–Trinajstić information content (AvgIpc) is 2.10. The third-order valence-electron chi connectivity index (χ3n) is 2.22. The Morgan fingerprint density at radius 2 is 1.67 bits per heavy atom. The van der Waals surface area contributed by atoms with Gasteiger partial charge in [0, 0.05) is 6.42 Å². The van der Waals surface area contributed by atoms with E-state index in [4.69, 9.17) is 5.11 Å². The van der Waals surface area contributed by atoms with Crippen LogP contribution in [0.2, 0.25) is 0 Å². The van der Waals surface area contributed by atoms with Crippen molar-refractivity contribution in [3.8, 4) is 0 Å². The number of aliphatic hydroxyl groups is 1. The molecule has 0 aliphatic rings. The number of hydrogen-bond acceptors (Lipinski definition) is 1. The van der Waals surface area contributed by atoms with Crippen LogP contribution in [-0.4, -0.2) is 17.8 Å². The van der Waals surface area contributed by atoms with E-state index >= 15 is 0 Å². The van der Waals surface area contributed by atoms with Gasteiger partial charge in [-0.05, 0) is 6.42 Å². The summed E-state index contributed by atoms with van der Waals surface area (Å²) in [6.07, 6.45) is 9.04. The number of quaternary nitrogens is 1. The maximum Gasteiger partial charge on any atom is 0.108 e. The molecule has 0 aromatic heterocycles. The maximum absolute atomic E-state index is 8.71. The summed E-state index contributed by atoms with van der Waals surface area (Å²) >= 11 is 0. The molecule has 4 N–H and O–H groups in total. The van der Waals surface area contributed by atoms with E-state index < -0.39 is 0 Å². The number of rotatable bonds is 8. The molecule has 0 spiro atoms. The Labute approximate surface area is 76.2 Å². The van der Waals surface area contributed by atoms with Crippen LogP contribution in [-0.2, 0) is 0 Å². The zero-order valence-corrected chi connectivity index (χ0v) is 8.39. The van der Waals surface area contributed by atoms with E-state index in [1.54, 1.807) is 0 Å². The van der Waals surface area contributed by atoms with E-state index in [-0.39, 0.29) is 12.6 Å². The minimum absolute atomic E-state index is 0.245. The molecule has 0 amide bonds. The Hall–Kier alpha value is -0.0800.